The molecule has 0 aliphatic carbocycles. The van der Waals surface area contributed by atoms with E-state index in [-0.39, 0.29) is 43.2 Å². The number of fused-ring (bicyclic) bond motifs is 1. The average molecular weight is 318 g/mol. The van der Waals surface area contributed by atoms with Crippen LogP contribution in [-0.2, 0) is 25.5 Å². The number of nitrogens with one attached hydrogen (secondary N) is 1. The number of methoxy groups -OCH3 is 1. The highest BCUT2D eigenvalue weighted by Crippen LogP contribution is 2.32. The third-order valence-electron chi connectivity index (χ3n) is 4.07. The molecule has 0 spiro atoms. The Morgan fingerprint density at radius 3 is 2.74 bits per heavy atom. The van der Waals surface area contributed by atoms with E-state index in [1.807, 2.05) is 24.3 Å². The molecule has 1 unspecified atom stereocenters. The maximum Gasteiger partial charge on any atom is 0.307 e. The van der Waals surface area contributed by atoms with Gasteiger partial charge in [0.05, 0.1) is 26.0 Å². The lowest BCUT2D eigenvalue weighted by molar-refractivity contribution is -0.140. The van der Waals surface area contributed by atoms with Gasteiger partial charge in [0, 0.05) is 20.0 Å². The van der Waals surface area contributed by atoms with Crippen LogP contribution in [0.2, 0.25) is 0 Å². The Morgan fingerprint density at radius 2 is 2.04 bits per heavy atom. The van der Waals surface area contributed by atoms with Crippen LogP contribution >= 0.6 is 0 Å². The lowest BCUT2D eigenvalue weighted by Crippen LogP contribution is -2.41. The number of rotatable bonds is 5. The summed E-state index contributed by atoms with van der Waals surface area (Å²) in [5, 5.41) is 2.71. The first-order valence-electron chi connectivity index (χ1n) is 7.71. The second-order valence-electron chi connectivity index (χ2n) is 5.56. The van der Waals surface area contributed by atoms with E-state index in [0.717, 1.165) is 12.0 Å². The number of hydrogen-bond acceptors (Lipinski definition) is 4. The monoisotopic (exact) mass is 318 g/mol. The number of amides is 2. The number of carbonyl (C=O) groups excluding carboxylic acids is 3. The van der Waals surface area contributed by atoms with Gasteiger partial charge in [-0.15, -0.1) is 0 Å². The molecule has 0 saturated heterocycles. The van der Waals surface area contributed by atoms with E-state index in [1.54, 1.807) is 4.90 Å². The molecular formula is C17H22N2O4. The minimum atomic E-state index is -0.362. The third-order valence-corrected chi connectivity index (χ3v) is 4.07. The Kier molecular flexibility index (Phi) is 5.73. The van der Waals surface area contributed by atoms with Gasteiger partial charge in [0.25, 0.3) is 0 Å². The average Bonchev–Trinajstić information content (AvgIpc) is 2.54. The van der Waals surface area contributed by atoms with E-state index in [0.29, 0.717) is 6.54 Å². The molecule has 2 rings (SSSR count). The second-order valence-corrected chi connectivity index (χ2v) is 5.56. The van der Waals surface area contributed by atoms with Gasteiger partial charge >= 0.3 is 5.97 Å². The van der Waals surface area contributed by atoms with Crippen molar-refractivity contribution in [3.8, 4) is 0 Å². The van der Waals surface area contributed by atoms with E-state index in [4.69, 9.17) is 0 Å². The molecule has 1 aliphatic rings. The Bertz CT molecular complexity index is 600. The van der Waals surface area contributed by atoms with Crippen LogP contribution in [0.4, 0.5) is 0 Å². The zero-order valence-corrected chi connectivity index (χ0v) is 13.5. The van der Waals surface area contributed by atoms with Gasteiger partial charge in [-0.05, 0) is 17.5 Å². The van der Waals surface area contributed by atoms with Gasteiger partial charge in [-0.2, -0.15) is 0 Å². The number of ether oxygens (including phenoxy) is 1. The number of benzene rings is 1. The molecule has 124 valence electrons. The van der Waals surface area contributed by atoms with Gasteiger partial charge in [-0.3, -0.25) is 14.4 Å². The highest BCUT2D eigenvalue weighted by Gasteiger charge is 2.30. The smallest absolute Gasteiger partial charge is 0.307 e. The summed E-state index contributed by atoms with van der Waals surface area (Å²) in [7, 11) is 1.31. The fraction of sp³-hybridized carbons (Fsp3) is 0.471. The van der Waals surface area contributed by atoms with Crippen molar-refractivity contribution in [3.05, 3.63) is 35.4 Å². The molecule has 1 aliphatic heterocycles. The molecule has 1 N–H and O–H groups in total. The second kappa shape index (κ2) is 7.76. The molecule has 0 aromatic heterocycles. The van der Waals surface area contributed by atoms with Crippen molar-refractivity contribution < 1.29 is 19.1 Å². The number of esters is 1. The van der Waals surface area contributed by atoms with Crippen molar-refractivity contribution in [2.75, 3.05) is 20.2 Å². The Labute approximate surface area is 135 Å². The maximum atomic E-state index is 12.2. The van der Waals surface area contributed by atoms with Crippen molar-refractivity contribution in [1.82, 2.24) is 10.2 Å². The van der Waals surface area contributed by atoms with Crippen LogP contribution in [-0.4, -0.2) is 42.9 Å². The molecule has 1 aromatic carbocycles. The van der Waals surface area contributed by atoms with Gasteiger partial charge in [0.15, 0.2) is 0 Å². The topological polar surface area (TPSA) is 75.7 Å². The lowest BCUT2D eigenvalue weighted by Gasteiger charge is -2.36. The fourth-order valence-electron chi connectivity index (χ4n) is 2.90. The molecule has 6 heteroatoms. The normalized spacial score (nSPS) is 16.4. The standard InChI is InChI=1S/C17H22N2O4/c1-12(20)19-10-8-13-5-3-4-6-14(13)15(19)11-16(21)18-9-7-17(22)23-2/h3-6,15H,7-11H2,1-2H3,(H,18,21). The van der Waals surface area contributed by atoms with Crippen LogP contribution in [0.1, 0.15) is 36.9 Å². The summed E-state index contributed by atoms with van der Waals surface area (Å²) in [4.78, 5) is 36.8. The Morgan fingerprint density at radius 1 is 1.30 bits per heavy atom. The van der Waals surface area contributed by atoms with Crippen LogP contribution in [0.25, 0.3) is 0 Å². The lowest BCUT2D eigenvalue weighted by atomic mass is 9.90. The first-order chi connectivity index (χ1) is 11.0. The van der Waals surface area contributed by atoms with Crippen LogP contribution < -0.4 is 5.32 Å². The van der Waals surface area contributed by atoms with Gasteiger partial charge < -0.3 is 15.0 Å². The van der Waals surface area contributed by atoms with E-state index >= 15 is 0 Å². The van der Waals surface area contributed by atoms with Crippen LogP contribution in [0.5, 0.6) is 0 Å². The van der Waals surface area contributed by atoms with Crippen molar-refractivity contribution in [1.29, 1.82) is 0 Å². The summed E-state index contributed by atoms with van der Waals surface area (Å²) in [6.07, 6.45) is 1.13. The molecular weight excluding hydrogens is 296 g/mol. The van der Waals surface area contributed by atoms with E-state index in [9.17, 15) is 14.4 Å². The summed E-state index contributed by atoms with van der Waals surface area (Å²) in [6.45, 7) is 2.38. The Balaban J connectivity index is 2.04. The van der Waals surface area contributed by atoms with Crippen molar-refractivity contribution in [3.63, 3.8) is 0 Å². The molecule has 0 radical (unpaired) electrons. The number of carbonyl (C=O) groups is 3. The zero-order chi connectivity index (χ0) is 16.8. The third kappa shape index (κ3) is 4.31. The molecule has 0 bridgehead atoms. The molecule has 2 amide bonds. The molecule has 1 aromatic rings. The van der Waals surface area contributed by atoms with Gasteiger partial charge in [-0.1, -0.05) is 24.3 Å². The molecule has 23 heavy (non-hydrogen) atoms. The summed E-state index contributed by atoms with van der Waals surface area (Å²) in [5.41, 5.74) is 2.20. The van der Waals surface area contributed by atoms with E-state index in [2.05, 4.69) is 10.1 Å². The summed E-state index contributed by atoms with van der Waals surface area (Å²) < 4.78 is 4.53. The number of hydrogen-bond donors (Lipinski definition) is 1. The fourth-order valence-corrected chi connectivity index (χ4v) is 2.90. The minimum absolute atomic E-state index is 0.0353. The van der Waals surface area contributed by atoms with Gasteiger partial charge in [0.2, 0.25) is 11.8 Å². The molecule has 6 nitrogen and oxygen atoms in total. The SMILES string of the molecule is COC(=O)CCNC(=O)CC1c2ccccc2CCN1C(C)=O. The number of nitrogens with zero attached hydrogens (tertiary/aromatic N) is 1. The van der Waals surface area contributed by atoms with Crippen molar-refractivity contribution in [2.24, 2.45) is 0 Å². The highest BCUT2D eigenvalue weighted by molar-refractivity contribution is 5.80. The summed E-state index contributed by atoms with van der Waals surface area (Å²) in [6, 6.07) is 7.64. The van der Waals surface area contributed by atoms with Crippen LogP contribution in [0.15, 0.2) is 24.3 Å². The predicted molar refractivity (Wildman–Crippen MR) is 84.5 cm³/mol. The summed E-state index contributed by atoms with van der Waals surface area (Å²) >= 11 is 0. The predicted octanol–water partition coefficient (Wildman–Crippen LogP) is 1.20. The van der Waals surface area contributed by atoms with Crippen molar-refractivity contribution in [2.45, 2.75) is 32.2 Å². The first kappa shape index (κ1) is 17.0. The van der Waals surface area contributed by atoms with Crippen LogP contribution in [0.3, 0.4) is 0 Å². The molecule has 1 atom stereocenters. The van der Waals surface area contributed by atoms with Gasteiger partial charge in [0.1, 0.15) is 0 Å². The van der Waals surface area contributed by atoms with Crippen molar-refractivity contribution >= 4 is 17.8 Å². The molecule has 0 saturated carbocycles. The zero-order valence-electron chi connectivity index (χ0n) is 13.5. The van der Waals surface area contributed by atoms with E-state index in [1.165, 1.54) is 19.6 Å². The molecule has 1 heterocycles. The maximum absolute atomic E-state index is 12.2. The largest absolute Gasteiger partial charge is 0.469 e. The summed E-state index contributed by atoms with van der Waals surface area (Å²) in [5.74, 6) is -0.576. The van der Waals surface area contributed by atoms with E-state index < -0.39 is 0 Å². The highest BCUT2D eigenvalue weighted by atomic mass is 16.5. The molecule has 0 fully saturated rings. The van der Waals surface area contributed by atoms with Crippen LogP contribution in [0, 0.1) is 0 Å². The first-order valence-corrected chi connectivity index (χ1v) is 7.71. The quantitative estimate of drug-likeness (QED) is 0.828. The van der Waals surface area contributed by atoms with Gasteiger partial charge in [-0.25, -0.2) is 0 Å². The minimum Gasteiger partial charge on any atom is -0.469 e. The Hall–Kier alpha value is -2.37.